The van der Waals surface area contributed by atoms with Gasteiger partial charge in [-0.3, -0.25) is 10.1 Å². The predicted octanol–water partition coefficient (Wildman–Crippen LogP) is 3.68. The van der Waals surface area contributed by atoms with Crippen molar-refractivity contribution in [2.45, 2.75) is 0 Å². The summed E-state index contributed by atoms with van der Waals surface area (Å²) < 4.78 is 0. The van der Waals surface area contributed by atoms with Crippen molar-refractivity contribution in [1.82, 2.24) is 0 Å². The normalized spacial score (nSPS) is 9.85. The molecule has 0 aromatic heterocycles. The smallest absolute Gasteiger partial charge is 0.409 e. The average Bonchev–Trinajstić information content (AvgIpc) is 2.41. The van der Waals surface area contributed by atoms with Crippen LogP contribution < -0.4 is 10.6 Å². The lowest BCUT2D eigenvalue weighted by molar-refractivity contribution is 0.102. The molecule has 2 aromatic carbocycles. The molecule has 0 spiro atoms. The van der Waals surface area contributed by atoms with E-state index in [-0.39, 0.29) is 5.91 Å². The van der Waals surface area contributed by atoms with Crippen LogP contribution in [-0.2, 0) is 0 Å². The van der Waals surface area contributed by atoms with Crippen LogP contribution in [0.25, 0.3) is 0 Å². The van der Waals surface area contributed by atoms with E-state index in [0.29, 0.717) is 22.0 Å². The Morgan fingerprint density at radius 1 is 0.900 bits per heavy atom. The SMILES string of the molecule is O=C(O)Nc1ccc(NC(=O)c2ccccc2Cl)cc1. The summed E-state index contributed by atoms with van der Waals surface area (Å²) >= 11 is 5.93. The van der Waals surface area contributed by atoms with Crippen LogP contribution in [0, 0.1) is 0 Å². The minimum atomic E-state index is -1.14. The van der Waals surface area contributed by atoms with Crippen molar-refractivity contribution in [3.8, 4) is 0 Å². The summed E-state index contributed by atoms with van der Waals surface area (Å²) in [6.07, 6.45) is -1.14. The van der Waals surface area contributed by atoms with E-state index in [1.54, 1.807) is 48.5 Å². The molecule has 0 unspecified atom stereocenters. The molecule has 6 heteroatoms. The van der Waals surface area contributed by atoms with E-state index < -0.39 is 6.09 Å². The molecule has 2 aromatic rings. The fraction of sp³-hybridized carbons (Fsp3) is 0. The summed E-state index contributed by atoms with van der Waals surface area (Å²) in [7, 11) is 0. The second-order valence-corrected chi connectivity index (χ2v) is 4.35. The summed E-state index contributed by atoms with van der Waals surface area (Å²) in [4.78, 5) is 22.5. The molecule has 0 aliphatic rings. The first kappa shape index (κ1) is 13.9. The number of carbonyl (C=O) groups is 2. The Bertz CT molecular complexity index is 641. The van der Waals surface area contributed by atoms with Crippen LogP contribution in [0.3, 0.4) is 0 Å². The van der Waals surface area contributed by atoms with Crippen LogP contribution in [0.2, 0.25) is 5.02 Å². The van der Waals surface area contributed by atoms with Gasteiger partial charge in [0.1, 0.15) is 0 Å². The molecule has 0 bridgehead atoms. The summed E-state index contributed by atoms with van der Waals surface area (Å²) in [5.74, 6) is -0.324. The van der Waals surface area contributed by atoms with Gasteiger partial charge in [0.15, 0.2) is 0 Å². The van der Waals surface area contributed by atoms with Gasteiger partial charge in [-0.15, -0.1) is 0 Å². The van der Waals surface area contributed by atoms with Gasteiger partial charge in [0.2, 0.25) is 0 Å². The van der Waals surface area contributed by atoms with E-state index in [1.165, 1.54) is 0 Å². The number of carbonyl (C=O) groups excluding carboxylic acids is 1. The number of nitrogens with one attached hydrogen (secondary N) is 2. The molecule has 2 amide bonds. The van der Waals surface area contributed by atoms with Crippen LogP contribution in [0.5, 0.6) is 0 Å². The molecule has 0 aliphatic heterocycles. The van der Waals surface area contributed by atoms with Gasteiger partial charge >= 0.3 is 6.09 Å². The number of anilines is 2. The van der Waals surface area contributed by atoms with Crippen molar-refractivity contribution < 1.29 is 14.7 Å². The maximum Gasteiger partial charge on any atom is 0.409 e. The molecule has 0 saturated heterocycles. The molecular weight excluding hydrogens is 280 g/mol. The summed E-state index contributed by atoms with van der Waals surface area (Å²) in [5, 5.41) is 13.8. The van der Waals surface area contributed by atoms with Gasteiger partial charge in [-0.2, -0.15) is 0 Å². The van der Waals surface area contributed by atoms with Crippen molar-refractivity contribution in [2.75, 3.05) is 10.6 Å². The van der Waals surface area contributed by atoms with E-state index in [2.05, 4.69) is 10.6 Å². The number of carboxylic acid groups (broad SMARTS) is 1. The van der Waals surface area contributed by atoms with Gasteiger partial charge in [-0.25, -0.2) is 4.79 Å². The van der Waals surface area contributed by atoms with Gasteiger partial charge in [-0.05, 0) is 36.4 Å². The lowest BCUT2D eigenvalue weighted by Gasteiger charge is -2.07. The number of halogens is 1. The molecule has 20 heavy (non-hydrogen) atoms. The molecule has 0 fully saturated rings. The number of amides is 2. The van der Waals surface area contributed by atoms with Crippen molar-refractivity contribution in [2.24, 2.45) is 0 Å². The van der Waals surface area contributed by atoms with Crippen molar-refractivity contribution >= 4 is 35.0 Å². The monoisotopic (exact) mass is 290 g/mol. The van der Waals surface area contributed by atoms with E-state index >= 15 is 0 Å². The maximum atomic E-state index is 12.0. The highest BCUT2D eigenvalue weighted by atomic mass is 35.5. The first-order chi connectivity index (χ1) is 9.56. The standard InChI is InChI=1S/C14H11ClN2O3/c15-12-4-2-1-3-11(12)13(18)16-9-5-7-10(8-6-9)17-14(19)20/h1-8,17H,(H,16,18)(H,19,20). The van der Waals surface area contributed by atoms with Crippen LogP contribution in [-0.4, -0.2) is 17.1 Å². The van der Waals surface area contributed by atoms with Crippen LogP contribution in [0.4, 0.5) is 16.2 Å². The molecular formula is C14H11ClN2O3. The van der Waals surface area contributed by atoms with Gasteiger partial charge < -0.3 is 10.4 Å². The highest BCUT2D eigenvalue weighted by Gasteiger charge is 2.09. The van der Waals surface area contributed by atoms with Crippen LogP contribution in [0.15, 0.2) is 48.5 Å². The predicted molar refractivity (Wildman–Crippen MR) is 77.5 cm³/mol. The largest absolute Gasteiger partial charge is 0.465 e. The third-order valence-corrected chi connectivity index (χ3v) is 2.84. The molecule has 102 valence electrons. The Morgan fingerprint density at radius 3 is 2.00 bits per heavy atom. The summed E-state index contributed by atoms with van der Waals surface area (Å²) in [6.45, 7) is 0. The Kier molecular flexibility index (Phi) is 4.22. The molecule has 3 N–H and O–H groups in total. The summed E-state index contributed by atoms with van der Waals surface area (Å²) in [6, 6.07) is 13.0. The molecule has 5 nitrogen and oxygen atoms in total. The second kappa shape index (κ2) is 6.08. The second-order valence-electron chi connectivity index (χ2n) is 3.94. The van der Waals surface area contributed by atoms with Crippen LogP contribution in [0.1, 0.15) is 10.4 Å². The molecule has 0 atom stereocenters. The van der Waals surface area contributed by atoms with Crippen molar-refractivity contribution in [1.29, 1.82) is 0 Å². The molecule has 0 saturated carbocycles. The zero-order chi connectivity index (χ0) is 14.5. The minimum absolute atomic E-state index is 0.324. The Hall–Kier alpha value is -2.53. The Labute approximate surface area is 120 Å². The van der Waals surface area contributed by atoms with Crippen LogP contribution >= 0.6 is 11.6 Å². The van der Waals surface area contributed by atoms with E-state index in [9.17, 15) is 9.59 Å². The van der Waals surface area contributed by atoms with Crippen molar-refractivity contribution in [3.63, 3.8) is 0 Å². The molecule has 0 radical (unpaired) electrons. The third-order valence-electron chi connectivity index (χ3n) is 2.51. The fourth-order valence-corrected chi connectivity index (χ4v) is 1.83. The van der Waals surface area contributed by atoms with Gasteiger partial charge in [-0.1, -0.05) is 23.7 Å². The average molecular weight is 291 g/mol. The highest BCUT2D eigenvalue weighted by Crippen LogP contribution is 2.18. The fourth-order valence-electron chi connectivity index (χ4n) is 1.60. The molecule has 0 heterocycles. The summed E-state index contributed by atoms with van der Waals surface area (Å²) in [5.41, 5.74) is 1.35. The maximum absolute atomic E-state index is 12.0. The number of hydrogen-bond donors (Lipinski definition) is 3. The number of rotatable bonds is 3. The highest BCUT2D eigenvalue weighted by molar-refractivity contribution is 6.34. The molecule has 0 aliphatic carbocycles. The first-order valence-corrected chi connectivity index (χ1v) is 6.10. The van der Waals surface area contributed by atoms with Gasteiger partial charge in [0, 0.05) is 11.4 Å². The van der Waals surface area contributed by atoms with Gasteiger partial charge in [0.25, 0.3) is 5.91 Å². The Balaban J connectivity index is 2.09. The zero-order valence-corrected chi connectivity index (χ0v) is 11.0. The van der Waals surface area contributed by atoms with Gasteiger partial charge in [0.05, 0.1) is 10.6 Å². The van der Waals surface area contributed by atoms with Crippen molar-refractivity contribution in [3.05, 3.63) is 59.1 Å². The first-order valence-electron chi connectivity index (χ1n) is 5.72. The quantitative estimate of drug-likeness (QED) is 0.807. The number of hydrogen-bond acceptors (Lipinski definition) is 2. The lowest BCUT2D eigenvalue weighted by atomic mass is 10.2. The van der Waals surface area contributed by atoms with E-state index in [4.69, 9.17) is 16.7 Å². The zero-order valence-electron chi connectivity index (χ0n) is 10.3. The minimum Gasteiger partial charge on any atom is -0.465 e. The lowest BCUT2D eigenvalue weighted by Crippen LogP contribution is -2.12. The van der Waals surface area contributed by atoms with E-state index in [0.717, 1.165) is 0 Å². The third kappa shape index (κ3) is 3.49. The topological polar surface area (TPSA) is 78.4 Å². The molecule has 2 rings (SSSR count). The van der Waals surface area contributed by atoms with E-state index in [1.807, 2.05) is 0 Å². The number of benzene rings is 2. The Morgan fingerprint density at radius 2 is 1.45 bits per heavy atom.